The Balaban J connectivity index is 1.85. The third-order valence-corrected chi connectivity index (χ3v) is 5.28. The molecule has 0 atom stereocenters. The van der Waals surface area contributed by atoms with E-state index in [0.29, 0.717) is 28.5 Å². The number of pyridine rings is 1. The maximum absolute atomic E-state index is 12.5. The smallest absolute Gasteiger partial charge is 0.261 e. The van der Waals surface area contributed by atoms with Crippen molar-refractivity contribution in [2.45, 2.75) is 45.1 Å². The van der Waals surface area contributed by atoms with Crippen LogP contribution in [0.2, 0.25) is 0 Å². The molecule has 0 saturated heterocycles. The number of nitrogens with one attached hydrogen (secondary N) is 3. The normalized spacial score (nSPS) is 15.1. The highest BCUT2D eigenvalue weighted by atomic mass is 16.3. The molecule has 1 aliphatic carbocycles. The van der Waals surface area contributed by atoms with Crippen LogP contribution in [0.25, 0.3) is 0 Å². The van der Waals surface area contributed by atoms with E-state index < -0.39 is 0 Å². The summed E-state index contributed by atoms with van der Waals surface area (Å²) in [4.78, 5) is 31.7. The summed E-state index contributed by atoms with van der Waals surface area (Å²) in [5, 5.41) is 14.9. The molecule has 3 rings (SSSR count). The maximum Gasteiger partial charge on any atom is 0.261 e. The monoisotopic (exact) mass is 411 g/mol. The number of aromatic amines is 1. The second-order valence-corrected chi connectivity index (χ2v) is 7.55. The van der Waals surface area contributed by atoms with Gasteiger partial charge in [-0.05, 0) is 49.6 Å². The molecule has 0 unspecified atom stereocenters. The molecule has 0 aliphatic heterocycles. The number of nitrogens with two attached hydrogens (primary N) is 1. The maximum atomic E-state index is 12.5. The van der Waals surface area contributed by atoms with Crippen molar-refractivity contribution < 1.29 is 9.90 Å². The number of aliphatic hydroxyl groups excluding tert-OH is 1. The summed E-state index contributed by atoms with van der Waals surface area (Å²) < 4.78 is 0. The Kier molecular flexibility index (Phi) is 7.24. The fraction of sp³-hybridized carbons (Fsp3) is 0.409. The largest absolute Gasteiger partial charge is 0.395 e. The molecule has 8 heteroatoms. The summed E-state index contributed by atoms with van der Waals surface area (Å²) in [5.74, 6) is -0.143. The van der Waals surface area contributed by atoms with Gasteiger partial charge in [0.2, 0.25) is 0 Å². The minimum absolute atomic E-state index is 0.118. The van der Waals surface area contributed by atoms with Gasteiger partial charge in [-0.3, -0.25) is 9.59 Å². The average molecular weight is 412 g/mol. The van der Waals surface area contributed by atoms with Gasteiger partial charge >= 0.3 is 0 Å². The molecule has 1 saturated carbocycles. The van der Waals surface area contributed by atoms with E-state index in [1.54, 1.807) is 31.3 Å². The lowest BCUT2D eigenvalue weighted by molar-refractivity contribution is 0.0944. The number of aliphatic hydroxyl groups is 1. The number of nitrogens with zero attached hydrogens (tertiary/aromatic N) is 1. The van der Waals surface area contributed by atoms with Crippen LogP contribution in [0, 0.1) is 6.92 Å². The Bertz CT molecular complexity index is 977. The average Bonchev–Trinajstić information content (AvgIpc) is 2.73. The molecule has 1 aromatic heterocycles. The Hall–Kier alpha value is -3.13. The van der Waals surface area contributed by atoms with Crippen LogP contribution >= 0.6 is 0 Å². The first-order chi connectivity index (χ1) is 14.5. The van der Waals surface area contributed by atoms with Gasteiger partial charge in [0, 0.05) is 24.3 Å². The first kappa shape index (κ1) is 21.6. The van der Waals surface area contributed by atoms with E-state index in [0.717, 1.165) is 18.4 Å². The van der Waals surface area contributed by atoms with Crippen LogP contribution < -0.4 is 21.9 Å². The zero-order valence-corrected chi connectivity index (χ0v) is 17.2. The number of rotatable bonds is 7. The standard InChI is InChI=1S/C22H29N5O3/c1-14-13-16(7-8-17(14)21(29)25-11-12-28)27-20(23)19-18(9-10-24-22(19)30)26-15-5-3-2-4-6-15/h7-10,13,15,28H,2-6,11-12H2,1H3,(H2,23,27)(H,25,29)(H2,24,26,30). The number of anilines is 1. The number of aryl methyl sites for hydroxylation is 1. The van der Waals surface area contributed by atoms with Crippen molar-refractivity contribution in [3.05, 3.63) is 57.5 Å². The van der Waals surface area contributed by atoms with E-state index >= 15 is 0 Å². The molecule has 1 heterocycles. The van der Waals surface area contributed by atoms with Crippen LogP contribution in [0.4, 0.5) is 11.4 Å². The minimum atomic E-state index is -0.297. The number of hydrogen-bond donors (Lipinski definition) is 5. The molecule has 1 aliphatic rings. The van der Waals surface area contributed by atoms with Crippen LogP contribution in [-0.2, 0) is 0 Å². The Morgan fingerprint density at radius 1 is 1.27 bits per heavy atom. The van der Waals surface area contributed by atoms with Crippen molar-refractivity contribution in [3.8, 4) is 0 Å². The molecular formula is C22H29N5O3. The van der Waals surface area contributed by atoms with E-state index in [9.17, 15) is 9.59 Å². The van der Waals surface area contributed by atoms with Gasteiger partial charge in [-0.1, -0.05) is 19.3 Å². The Morgan fingerprint density at radius 2 is 2.03 bits per heavy atom. The van der Waals surface area contributed by atoms with Gasteiger partial charge in [-0.15, -0.1) is 0 Å². The molecule has 0 bridgehead atoms. The van der Waals surface area contributed by atoms with E-state index in [2.05, 4.69) is 20.6 Å². The van der Waals surface area contributed by atoms with Gasteiger partial charge in [0.1, 0.15) is 11.4 Å². The molecule has 0 spiro atoms. The minimum Gasteiger partial charge on any atom is -0.395 e. The lowest BCUT2D eigenvalue weighted by Gasteiger charge is -2.24. The molecule has 1 amide bonds. The highest BCUT2D eigenvalue weighted by Gasteiger charge is 2.18. The first-order valence-corrected chi connectivity index (χ1v) is 10.3. The number of carbonyl (C=O) groups excluding carboxylic acids is 1. The van der Waals surface area contributed by atoms with Crippen molar-refractivity contribution in [2.24, 2.45) is 10.7 Å². The Labute approximate surface area is 175 Å². The molecular weight excluding hydrogens is 382 g/mol. The number of amidine groups is 1. The second-order valence-electron chi connectivity index (χ2n) is 7.55. The summed E-state index contributed by atoms with van der Waals surface area (Å²) in [5.41, 5.74) is 8.72. The molecule has 160 valence electrons. The molecule has 8 nitrogen and oxygen atoms in total. The zero-order valence-electron chi connectivity index (χ0n) is 17.2. The second kappa shape index (κ2) is 10.1. The van der Waals surface area contributed by atoms with E-state index in [1.165, 1.54) is 19.3 Å². The van der Waals surface area contributed by atoms with Crippen molar-refractivity contribution >= 4 is 23.1 Å². The fourth-order valence-corrected chi connectivity index (χ4v) is 3.75. The topological polar surface area (TPSA) is 133 Å². The van der Waals surface area contributed by atoms with E-state index in [4.69, 9.17) is 10.8 Å². The highest BCUT2D eigenvalue weighted by Crippen LogP contribution is 2.23. The molecule has 6 N–H and O–H groups in total. The van der Waals surface area contributed by atoms with Crippen molar-refractivity contribution in [3.63, 3.8) is 0 Å². The van der Waals surface area contributed by atoms with Crippen LogP contribution in [0.3, 0.4) is 0 Å². The fourth-order valence-electron chi connectivity index (χ4n) is 3.75. The SMILES string of the molecule is Cc1cc(N=C(N)c2c(NC3CCCCC3)cc[nH]c2=O)ccc1C(=O)NCCO. The van der Waals surface area contributed by atoms with Gasteiger partial charge in [0.25, 0.3) is 11.5 Å². The number of amides is 1. The molecule has 1 fully saturated rings. The van der Waals surface area contributed by atoms with Crippen molar-refractivity contribution in [1.29, 1.82) is 0 Å². The van der Waals surface area contributed by atoms with Crippen LogP contribution in [0.1, 0.15) is 53.6 Å². The number of aromatic nitrogens is 1. The zero-order chi connectivity index (χ0) is 21.5. The van der Waals surface area contributed by atoms with Crippen LogP contribution in [-0.4, -0.2) is 41.0 Å². The van der Waals surface area contributed by atoms with Crippen LogP contribution in [0.5, 0.6) is 0 Å². The van der Waals surface area contributed by atoms with Crippen molar-refractivity contribution in [1.82, 2.24) is 10.3 Å². The third kappa shape index (κ3) is 5.27. The predicted molar refractivity (Wildman–Crippen MR) is 119 cm³/mol. The quantitative estimate of drug-likeness (QED) is 0.352. The van der Waals surface area contributed by atoms with Gasteiger partial charge < -0.3 is 26.5 Å². The lowest BCUT2D eigenvalue weighted by atomic mass is 9.95. The third-order valence-electron chi connectivity index (χ3n) is 5.28. The molecule has 30 heavy (non-hydrogen) atoms. The Morgan fingerprint density at radius 3 is 2.73 bits per heavy atom. The highest BCUT2D eigenvalue weighted by molar-refractivity contribution is 6.03. The summed E-state index contributed by atoms with van der Waals surface area (Å²) in [7, 11) is 0. The van der Waals surface area contributed by atoms with E-state index in [1.807, 2.05) is 6.07 Å². The molecule has 2 aromatic rings. The van der Waals surface area contributed by atoms with Crippen molar-refractivity contribution in [2.75, 3.05) is 18.5 Å². The van der Waals surface area contributed by atoms with Gasteiger partial charge in [0.05, 0.1) is 18.0 Å². The van der Waals surface area contributed by atoms with Gasteiger partial charge in [-0.2, -0.15) is 0 Å². The first-order valence-electron chi connectivity index (χ1n) is 10.3. The summed E-state index contributed by atoms with van der Waals surface area (Å²) in [6.07, 6.45) is 7.35. The summed E-state index contributed by atoms with van der Waals surface area (Å²) >= 11 is 0. The number of H-pyrrole nitrogens is 1. The molecule has 1 aromatic carbocycles. The number of carbonyl (C=O) groups is 1. The summed E-state index contributed by atoms with van der Waals surface area (Å²) in [6, 6.07) is 7.22. The van der Waals surface area contributed by atoms with Crippen LogP contribution in [0.15, 0.2) is 40.2 Å². The van der Waals surface area contributed by atoms with Gasteiger partial charge in [-0.25, -0.2) is 4.99 Å². The molecule has 0 radical (unpaired) electrons. The summed E-state index contributed by atoms with van der Waals surface area (Å²) in [6.45, 7) is 1.87. The van der Waals surface area contributed by atoms with E-state index in [-0.39, 0.29) is 30.5 Å². The van der Waals surface area contributed by atoms with Gasteiger partial charge in [0.15, 0.2) is 0 Å². The lowest BCUT2D eigenvalue weighted by Crippen LogP contribution is -2.29. The number of aliphatic imine (C=N–C) groups is 1. The predicted octanol–water partition coefficient (Wildman–Crippen LogP) is 2.19. The number of benzene rings is 1. The number of hydrogen-bond acceptors (Lipinski definition) is 5.